The summed E-state index contributed by atoms with van der Waals surface area (Å²) < 4.78 is 1.78. The van der Waals surface area contributed by atoms with E-state index in [4.69, 9.17) is 0 Å². The fraction of sp³-hybridized carbons (Fsp3) is 0.333. The highest BCUT2D eigenvalue weighted by Gasteiger charge is 2.16. The molecule has 1 fully saturated rings. The van der Waals surface area contributed by atoms with Gasteiger partial charge in [-0.3, -0.25) is 0 Å². The summed E-state index contributed by atoms with van der Waals surface area (Å²) in [5.41, 5.74) is 1.76. The van der Waals surface area contributed by atoms with Crippen molar-refractivity contribution in [2.45, 2.75) is 25.8 Å². The van der Waals surface area contributed by atoms with Crippen molar-refractivity contribution < 1.29 is 4.79 Å². The summed E-state index contributed by atoms with van der Waals surface area (Å²) in [7, 11) is 0. The van der Waals surface area contributed by atoms with Gasteiger partial charge in [-0.15, -0.1) is 0 Å². The van der Waals surface area contributed by atoms with Crippen molar-refractivity contribution in [1.29, 1.82) is 0 Å². The second kappa shape index (κ2) is 8.67. The Morgan fingerprint density at radius 1 is 1.16 bits per heavy atom. The molecule has 0 saturated carbocycles. The van der Waals surface area contributed by atoms with Gasteiger partial charge in [-0.1, -0.05) is 22.0 Å². The fourth-order valence-corrected chi connectivity index (χ4v) is 4.04. The Hall–Kier alpha value is -1.60. The lowest BCUT2D eigenvalue weighted by atomic mass is 10.1. The molecule has 3 rings (SSSR count). The van der Waals surface area contributed by atoms with E-state index in [2.05, 4.69) is 52.4 Å². The lowest BCUT2D eigenvalue weighted by Gasteiger charge is -2.29. The number of carbonyl (C=O) groups is 1. The number of amides is 2. The highest BCUT2D eigenvalue weighted by atomic mass is 79.9. The first-order valence-corrected chi connectivity index (χ1v) is 9.91. The van der Waals surface area contributed by atoms with Gasteiger partial charge >= 0.3 is 6.03 Å². The number of urea groups is 1. The maximum absolute atomic E-state index is 12.2. The van der Waals surface area contributed by atoms with Gasteiger partial charge in [0.25, 0.3) is 0 Å². The van der Waals surface area contributed by atoms with Gasteiger partial charge in [-0.05, 0) is 59.5 Å². The molecule has 1 aliphatic heterocycles. The first-order valence-electron chi connectivity index (χ1n) is 8.32. The Balaban J connectivity index is 1.62. The molecule has 25 heavy (non-hydrogen) atoms. The van der Waals surface area contributed by atoms with Crippen LogP contribution in [-0.2, 0) is 6.54 Å². The topological polar surface area (TPSA) is 57.3 Å². The molecule has 0 atom stereocenters. The lowest BCUT2D eigenvalue weighted by molar-refractivity contribution is 0.251. The number of hydrogen-bond acceptors (Lipinski definition) is 3. The molecule has 1 aromatic heterocycles. The lowest BCUT2D eigenvalue weighted by Crippen LogP contribution is -2.33. The number of pyridine rings is 1. The number of nitrogens with zero attached hydrogens (tertiary/aromatic N) is 2. The van der Waals surface area contributed by atoms with Crippen molar-refractivity contribution in [2.24, 2.45) is 0 Å². The first-order chi connectivity index (χ1) is 12.1. The standard InChI is InChI=1S/C18H20Br2N4O/c19-14-6-7-16(15(20)11-14)23-18(25)22-12-13-5-4-8-21-17(13)24-9-2-1-3-10-24/h4-8,11H,1-3,9-10,12H2,(H2,22,23,25). The average molecular weight is 468 g/mol. The van der Waals surface area contributed by atoms with Gasteiger partial charge in [-0.2, -0.15) is 0 Å². The summed E-state index contributed by atoms with van der Waals surface area (Å²) in [6.45, 7) is 2.50. The second-order valence-electron chi connectivity index (χ2n) is 5.97. The largest absolute Gasteiger partial charge is 0.356 e. The summed E-state index contributed by atoms with van der Waals surface area (Å²) in [4.78, 5) is 19.1. The predicted octanol–water partition coefficient (Wildman–Crippen LogP) is 4.92. The molecule has 0 spiro atoms. The molecule has 0 bridgehead atoms. The minimum atomic E-state index is -0.239. The smallest absolute Gasteiger partial charge is 0.319 e. The third-order valence-corrected chi connectivity index (χ3v) is 5.29. The third-order valence-electron chi connectivity index (χ3n) is 4.14. The number of rotatable bonds is 4. The fourth-order valence-electron chi connectivity index (χ4n) is 2.89. The number of benzene rings is 1. The van der Waals surface area contributed by atoms with E-state index in [1.807, 2.05) is 36.5 Å². The number of piperidine rings is 1. The molecule has 1 aliphatic rings. The van der Waals surface area contributed by atoms with Crippen molar-refractivity contribution in [3.05, 3.63) is 51.0 Å². The van der Waals surface area contributed by atoms with Gasteiger partial charge in [-0.25, -0.2) is 9.78 Å². The Morgan fingerprint density at radius 3 is 2.72 bits per heavy atom. The molecule has 132 valence electrons. The third kappa shape index (κ3) is 4.95. The van der Waals surface area contributed by atoms with E-state index in [9.17, 15) is 4.79 Å². The number of halogens is 2. The molecular formula is C18H20Br2N4O. The number of carbonyl (C=O) groups excluding carboxylic acids is 1. The number of anilines is 2. The summed E-state index contributed by atoms with van der Waals surface area (Å²) in [6.07, 6.45) is 5.48. The van der Waals surface area contributed by atoms with Crippen LogP contribution < -0.4 is 15.5 Å². The van der Waals surface area contributed by atoms with Crippen LogP contribution in [0.4, 0.5) is 16.3 Å². The molecule has 1 aromatic carbocycles. The van der Waals surface area contributed by atoms with Crippen molar-refractivity contribution in [3.8, 4) is 0 Å². The number of hydrogen-bond donors (Lipinski definition) is 2. The maximum Gasteiger partial charge on any atom is 0.319 e. The summed E-state index contributed by atoms with van der Waals surface area (Å²) in [5, 5.41) is 5.77. The van der Waals surface area contributed by atoms with Crippen LogP contribution in [0.2, 0.25) is 0 Å². The second-order valence-corrected chi connectivity index (χ2v) is 7.74. The molecule has 2 aromatic rings. The van der Waals surface area contributed by atoms with Crippen LogP contribution in [0, 0.1) is 0 Å². The van der Waals surface area contributed by atoms with E-state index >= 15 is 0 Å². The molecule has 1 saturated heterocycles. The van der Waals surface area contributed by atoms with Crippen LogP contribution in [0.3, 0.4) is 0 Å². The van der Waals surface area contributed by atoms with Gasteiger partial charge < -0.3 is 15.5 Å². The van der Waals surface area contributed by atoms with E-state index in [1.54, 1.807) is 0 Å². The molecule has 7 heteroatoms. The van der Waals surface area contributed by atoms with Crippen LogP contribution >= 0.6 is 31.9 Å². The van der Waals surface area contributed by atoms with Crippen molar-refractivity contribution in [3.63, 3.8) is 0 Å². The Labute approximate surface area is 164 Å². The zero-order valence-electron chi connectivity index (χ0n) is 13.8. The minimum absolute atomic E-state index is 0.239. The van der Waals surface area contributed by atoms with Crippen molar-refractivity contribution in [2.75, 3.05) is 23.3 Å². The van der Waals surface area contributed by atoms with Gasteiger partial charge in [0.2, 0.25) is 0 Å². The summed E-state index contributed by atoms with van der Waals surface area (Å²) in [6, 6.07) is 9.31. The molecule has 2 amide bonds. The highest BCUT2D eigenvalue weighted by molar-refractivity contribution is 9.11. The first kappa shape index (κ1) is 18.2. The zero-order chi connectivity index (χ0) is 17.6. The van der Waals surface area contributed by atoms with E-state index < -0.39 is 0 Å². The molecule has 0 radical (unpaired) electrons. The van der Waals surface area contributed by atoms with E-state index in [-0.39, 0.29) is 6.03 Å². The Bertz CT molecular complexity index is 748. The summed E-state index contributed by atoms with van der Waals surface area (Å²) >= 11 is 6.85. The van der Waals surface area contributed by atoms with E-state index in [0.717, 1.165) is 39.1 Å². The van der Waals surface area contributed by atoms with Crippen LogP contribution in [0.5, 0.6) is 0 Å². The Morgan fingerprint density at radius 2 is 1.96 bits per heavy atom. The van der Waals surface area contributed by atoms with Gasteiger partial charge in [0, 0.05) is 40.3 Å². The number of aromatic nitrogens is 1. The van der Waals surface area contributed by atoms with Crippen LogP contribution in [0.1, 0.15) is 24.8 Å². The maximum atomic E-state index is 12.2. The van der Waals surface area contributed by atoms with Crippen LogP contribution in [0.15, 0.2) is 45.5 Å². The Kier molecular flexibility index (Phi) is 6.31. The van der Waals surface area contributed by atoms with Crippen molar-refractivity contribution >= 4 is 49.4 Å². The normalized spacial score (nSPS) is 14.2. The quantitative estimate of drug-likeness (QED) is 0.670. The SMILES string of the molecule is O=C(NCc1cccnc1N1CCCCC1)Nc1ccc(Br)cc1Br. The number of nitrogens with one attached hydrogen (secondary N) is 2. The van der Waals surface area contributed by atoms with Crippen LogP contribution in [0.25, 0.3) is 0 Å². The predicted molar refractivity (Wildman–Crippen MR) is 108 cm³/mol. The average Bonchev–Trinajstić information content (AvgIpc) is 2.63. The molecule has 2 heterocycles. The monoisotopic (exact) mass is 466 g/mol. The van der Waals surface area contributed by atoms with Gasteiger partial charge in [0.15, 0.2) is 0 Å². The summed E-state index contributed by atoms with van der Waals surface area (Å²) in [5.74, 6) is 0.979. The molecule has 5 nitrogen and oxygen atoms in total. The molecule has 0 unspecified atom stereocenters. The van der Waals surface area contributed by atoms with Gasteiger partial charge in [0.1, 0.15) is 5.82 Å². The molecule has 0 aliphatic carbocycles. The minimum Gasteiger partial charge on any atom is -0.356 e. The van der Waals surface area contributed by atoms with E-state index in [0.29, 0.717) is 6.54 Å². The highest BCUT2D eigenvalue weighted by Crippen LogP contribution is 2.26. The van der Waals surface area contributed by atoms with Crippen molar-refractivity contribution in [1.82, 2.24) is 10.3 Å². The zero-order valence-corrected chi connectivity index (χ0v) is 16.9. The molecular weight excluding hydrogens is 448 g/mol. The van der Waals surface area contributed by atoms with Gasteiger partial charge in [0.05, 0.1) is 5.69 Å². The molecule has 2 N–H and O–H groups in total. The van der Waals surface area contributed by atoms with E-state index in [1.165, 1.54) is 19.3 Å². The van der Waals surface area contributed by atoms with Crippen LogP contribution in [-0.4, -0.2) is 24.1 Å².